The van der Waals surface area contributed by atoms with Crippen molar-refractivity contribution in [2.75, 3.05) is 37.0 Å². The first kappa shape index (κ1) is 19.7. The molecule has 6 heteroatoms. The van der Waals surface area contributed by atoms with Crippen LogP contribution in [0.4, 0.5) is 11.4 Å². The van der Waals surface area contributed by atoms with E-state index in [4.69, 9.17) is 4.74 Å². The Hall–Kier alpha value is -2.08. The van der Waals surface area contributed by atoms with Crippen LogP contribution in [0.15, 0.2) is 18.2 Å². The minimum absolute atomic E-state index is 0.0224. The molecule has 148 valence electrons. The highest BCUT2D eigenvalue weighted by atomic mass is 16.5. The highest BCUT2D eigenvalue weighted by Crippen LogP contribution is 2.34. The molecule has 2 aliphatic heterocycles. The van der Waals surface area contributed by atoms with Crippen molar-refractivity contribution >= 4 is 23.2 Å². The van der Waals surface area contributed by atoms with Crippen LogP contribution in [0.3, 0.4) is 0 Å². The number of carbonyl (C=O) groups is 2. The summed E-state index contributed by atoms with van der Waals surface area (Å²) in [6.07, 6.45) is 5.36. The van der Waals surface area contributed by atoms with E-state index in [0.717, 1.165) is 31.6 Å². The van der Waals surface area contributed by atoms with Crippen molar-refractivity contribution in [1.29, 1.82) is 0 Å². The molecule has 0 aliphatic carbocycles. The van der Waals surface area contributed by atoms with E-state index < -0.39 is 0 Å². The predicted molar refractivity (Wildman–Crippen MR) is 107 cm³/mol. The standard InChI is InChI=1S/C21H31N3O3/c1-15(16-6-5-10-22-14-16)12-20(25)23-17-8-9-19(27-2)18(13-17)24-11-4-3-7-21(24)26/h8-9,13,15-16,22H,3-7,10-12,14H2,1-2H3,(H,23,25). The Morgan fingerprint density at radius 1 is 1.37 bits per heavy atom. The first-order valence-corrected chi connectivity index (χ1v) is 10.1. The van der Waals surface area contributed by atoms with E-state index in [1.807, 2.05) is 18.2 Å². The van der Waals surface area contributed by atoms with Crippen LogP contribution in [0.25, 0.3) is 0 Å². The summed E-state index contributed by atoms with van der Waals surface area (Å²) >= 11 is 0. The molecule has 1 aromatic carbocycles. The maximum atomic E-state index is 12.5. The summed E-state index contributed by atoms with van der Waals surface area (Å²) in [5, 5.41) is 6.42. The van der Waals surface area contributed by atoms with Gasteiger partial charge in [-0.1, -0.05) is 6.92 Å². The molecule has 0 aromatic heterocycles. The van der Waals surface area contributed by atoms with E-state index in [2.05, 4.69) is 17.6 Å². The largest absolute Gasteiger partial charge is 0.495 e. The third-order valence-corrected chi connectivity index (χ3v) is 5.72. The van der Waals surface area contributed by atoms with E-state index in [1.165, 1.54) is 12.8 Å². The number of methoxy groups -OCH3 is 1. The van der Waals surface area contributed by atoms with E-state index in [-0.39, 0.29) is 11.8 Å². The van der Waals surface area contributed by atoms with Gasteiger partial charge < -0.3 is 20.3 Å². The first-order chi connectivity index (χ1) is 13.1. The summed E-state index contributed by atoms with van der Waals surface area (Å²) in [6, 6.07) is 5.51. The van der Waals surface area contributed by atoms with Gasteiger partial charge in [0.15, 0.2) is 0 Å². The molecule has 2 aliphatic rings. The number of carbonyl (C=O) groups excluding carboxylic acids is 2. The molecule has 2 N–H and O–H groups in total. The summed E-state index contributed by atoms with van der Waals surface area (Å²) < 4.78 is 5.44. The van der Waals surface area contributed by atoms with Gasteiger partial charge in [-0.3, -0.25) is 9.59 Å². The Balaban J connectivity index is 1.66. The number of hydrogen-bond acceptors (Lipinski definition) is 4. The molecule has 2 heterocycles. The Morgan fingerprint density at radius 2 is 2.22 bits per heavy atom. The van der Waals surface area contributed by atoms with Gasteiger partial charge in [-0.05, 0) is 68.8 Å². The molecule has 6 nitrogen and oxygen atoms in total. The Bertz CT molecular complexity index is 671. The average Bonchev–Trinajstić information content (AvgIpc) is 2.69. The summed E-state index contributed by atoms with van der Waals surface area (Å²) in [5.41, 5.74) is 1.45. The molecule has 0 bridgehead atoms. The number of anilines is 2. The Labute approximate surface area is 161 Å². The van der Waals surface area contributed by atoms with Crippen LogP contribution in [-0.2, 0) is 9.59 Å². The molecule has 2 atom stereocenters. The minimum Gasteiger partial charge on any atom is -0.495 e. The van der Waals surface area contributed by atoms with Gasteiger partial charge in [0, 0.05) is 25.1 Å². The SMILES string of the molecule is COc1ccc(NC(=O)CC(C)C2CCCNC2)cc1N1CCCCC1=O. The van der Waals surface area contributed by atoms with Crippen LogP contribution >= 0.6 is 0 Å². The molecule has 3 rings (SSSR count). The lowest BCUT2D eigenvalue weighted by Gasteiger charge is -2.29. The lowest BCUT2D eigenvalue weighted by atomic mass is 9.85. The maximum Gasteiger partial charge on any atom is 0.227 e. The Kier molecular flexibility index (Phi) is 6.72. The van der Waals surface area contributed by atoms with Crippen LogP contribution in [0, 0.1) is 11.8 Å². The van der Waals surface area contributed by atoms with Gasteiger partial charge in [-0.15, -0.1) is 0 Å². The molecule has 0 radical (unpaired) electrons. The molecule has 0 spiro atoms. The summed E-state index contributed by atoms with van der Waals surface area (Å²) in [5.74, 6) is 1.70. The van der Waals surface area contributed by atoms with Crippen LogP contribution in [-0.4, -0.2) is 38.6 Å². The van der Waals surface area contributed by atoms with Crippen molar-refractivity contribution < 1.29 is 14.3 Å². The molecule has 2 saturated heterocycles. The monoisotopic (exact) mass is 373 g/mol. The number of piperidine rings is 2. The van der Waals surface area contributed by atoms with Crippen LogP contribution in [0.5, 0.6) is 5.75 Å². The van der Waals surface area contributed by atoms with Gasteiger partial charge >= 0.3 is 0 Å². The van der Waals surface area contributed by atoms with Crippen molar-refractivity contribution in [3.63, 3.8) is 0 Å². The van der Waals surface area contributed by atoms with Gasteiger partial charge in [0.1, 0.15) is 5.75 Å². The van der Waals surface area contributed by atoms with Crippen molar-refractivity contribution in [3.05, 3.63) is 18.2 Å². The van der Waals surface area contributed by atoms with Crippen molar-refractivity contribution in [2.24, 2.45) is 11.8 Å². The number of amides is 2. The smallest absolute Gasteiger partial charge is 0.227 e. The van der Waals surface area contributed by atoms with E-state index in [1.54, 1.807) is 12.0 Å². The predicted octanol–water partition coefficient (Wildman–Crippen LogP) is 3.18. The highest BCUT2D eigenvalue weighted by molar-refractivity contribution is 5.97. The van der Waals surface area contributed by atoms with Crippen molar-refractivity contribution in [1.82, 2.24) is 5.32 Å². The quantitative estimate of drug-likeness (QED) is 0.803. The van der Waals surface area contributed by atoms with Gasteiger partial charge in [0.25, 0.3) is 0 Å². The van der Waals surface area contributed by atoms with Crippen molar-refractivity contribution in [2.45, 2.75) is 45.4 Å². The zero-order valence-electron chi connectivity index (χ0n) is 16.4. The second kappa shape index (κ2) is 9.22. The number of nitrogens with one attached hydrogen (secondary N) is 2. The molecule has 2 unspecified atom stereocenters. The average molecular weight is 373 g/mol. The lowest BCUT2D eigenvalue weighted by molar-refractivity contribution is -0.119. The van der Waals surface area contributed by atoms with Gasteiger partial charge in [0.2, 0.25) is 11.8 Å². The molecular weight excluding hydrogens is 342 g/mol. The van der Waals surface area contributed by atoms with E-state index >= 15 is 0 Å². The van der Waals surface area contributed by atoms with Crippen LogP contribution in [0.2, 0.25) is 0 Å². The normalized spacial score (nSPS) is 21.6. The highest BCUT2D eigenvalue weighted by Gasteiger charge is 2.24. The number of benzene rings is 1. The number of ether oxygens (including phenoxy) is 1. The molecule has 2 amide bonds. The first-order valence-electron chi connectivity index (χ1n) is 10.1. The fourth-order valence-corrected chi connectivity index (χ4v) is 4.07. The van der Waals surface area contributed by atoms with Gasteiger partial charge in [0.05, 0.1) is 12.8 Å². The molecule has 2 fully saturated rings. The number of rotatable bonds is 6. The second-order valence-corrected chi connectivity index (χ2v) is 7.73. The molecule has 27 heavy (non-hydrogen) atoms. The van der Waals surface area contributed by atoms with E-state index in [9.17, 15) is 9.59 Å². The third-order valence-electron chi connectivity index (χ3n) is 5.72. The summed E-state index contributed by atoms with van der Waals surface area (Å²) in [6.45, 7) is 4.93. The molecule has 1 aromatic rings. The third kappa shape index (κ3) is 5.01. The maximum absolute atomic E-state index is 12.5. The lowest BCUT2D eigenvalue weighted by Crippen LogP contribution is -2.35. The van der Waals surface area contributed by atoms with E-state index in [0.29, 0.717) is 42.7 Å². The van der Waals surface area contributed by atoms with Crippen molar-refractivity contribution in [3.8, 4) is 5.75 Å². The molecular formula is C21H31N3O3. The van der Waals surface area contributed by atoms with Gasteiger partial charge in [-0.25, -0.2) is 0 Å². The number of hydrogen-bond donors (Lipinski definition) is 2. The fourth-order valence-electron chi connectivity index (χ4n) is 4.07. The molecule has 0 saturated carbocycles. The Morgan fingerprint density at radius 3 is 2.93 bits per heavy atom. The number of nitrogens with zero attached hydrogens (tertiary/aromatic N) is 1. The fraction of sp³-hybridized carbons (Fsp3) is 0.619. The van der Waals surface area contributed by atoms with Crippen LogP contribution < -0.4 is 20.3 Å². The zero-order valence-corrected chi connectivity index (χ0v) is 16.4. The summed E-state index contributed by atoms with van der Waals surface area (Å²) in [4.78, 5) is 26.6. The second-order valence-electron chi connectivity index (χ2n) is 7.73. The zero-order chi connectivity index (χ0) is 19.2. The topological polar surface area (TPSA) is 70.7 Å². The summed E-state index contributed by atoms with van der Waals surface area (Å²) in [7, 11) is 1.60. The van der Waals surface area contributed by atoms with Crippen LogP contribution in [0.1, 0.15) is 45.4 Å². The van der Waals surface area contributed by atoms with Gasteiger partial charge in [-0.2, -0.15) is 0 Å². The minimum atomic E-state index is 0.0224.